The van der Waals surface area contributed by atoms with E-state index in [0.717, 1.165) is 28.6 Å². The number of fused-ring (bicyclic) bond motifs is 1. The summed E-state index contributed by atoms with van der Waals surface area (Å²) in [5, 5.41) is 0. The van der Waals surface area contributed by atoms with Gasteiger partial charge in [0.2, 0.25) is 0 Å². The highest BCUT2D eigenvalue weighted by Crippen LogP contribution is 2.24. The van der Waals surface area contributed by atoms with Gasteiger partial charge in [0.05, 0.1) is 9.85 Å². The van der Waals surface area contributed by atoms with Gasteiger partial charge >= 0.3 is 0 Å². The molecule has 0 unspecified atom stereocenters. The van der Waals surface area contributed by atoms with Gasteiger partial charge in [0.15, 0.2) is 5.82 Å². The number of aryl methyl sites for hydroxylation is 3. The molecule has 0 atom stereocenters. The summed E-state index contributed by atoms with van der Waals surface area (Å²) in [5.74, 6) is 1.00. The zero-order chi connectivity index (χ0) is 14.8. The normalized spacial score (nSPS) is 11.4. The van der Waals surface area contributed by atoms with Crippen molar-refractivity contribution in [2.45, 2.75) is 19.4 Å². The first kappa shape index (κ1) is 14.8. The smallest absolute Gasteiger partial charge is 0.151 e. The van der Waals surface area contributed by atoms with Gasteiger partial charge in [-0.25, -0.2) is 9.37 Å². The Morgan fingerprint density at radius 1 is 1.19 bits per heavy atom. The van der Waals surface area contributed by atoms with E-state index in [2.05, 4.69) is 9.55 Å². The molecule has 3 rings (SSSR count). The van der Waals surface area contributed by atoms with E-state index in [1.807, 2.05) is 18.2 Å². The molecule has 0 fully saturated rings. The van der Waals surface area contributed by atoms with Crippen LogP contribution >= 0.6 is 34.5 Å². The van der Waals surface area contributed by atoms with Crippen molar-refractivity contribution in [2.75, 3.05) is 5.88 Å². The summed E-state index contributed by atoms with van der Waals surface area (Å²) in [5.41, 5.74) is 1.24. The van der Waals surface area contributed by atoms with E-state index in [4.69, 9.17) is 23.2 Å². The predicted molar refractivity (Wildman–Crippen MR) is 87.1 cm³/mol. The number of halogens is 3. The van der Waals surface area contributed by atoms with E-state index in [1.54, 1.807) is 17.4 Å². The summed E-state index contributed by atoms with van der Waals surface area (Å²) < 4.78 is 16.7. The SMILES string of the molecule is Fc1cccc2c1nc(CCCl)n2CCc1ccc(Cl)s1. The maximum Gasteiger partial charge on any atom is 0.151 e. The minimum absolute atomic E-state index is 0.291. The Morgan fingerprint density at radius 3 is 2.76 bits per heavy atom. The van der Waals surface area contributed by atoms with E-state index >= 15 is 0 Å². The molecular formula is C15H13Cl2FN2S. The predicted octanol–water partition coefficient (Wildman–Crippen LogP) is 4.91. The molecule has 0 bridgehead atoms. The van der Waals surface area contributed by atoms with Gasteiger partial charge in [-0.3, -0.25) is 0 Å². The van der Waals surface area contributed by atoms with Gasteiger partial charge < -0.3 is 4.57 Å². The molecule has 6 heteroatoms. The minimum Gasteiger partial charge on any atom is -0.327 e. The van der Waals surface area contributed by atoms with Crippen LogP contribution in [-0.2, 0) is 19.4 Å². The third-order valence-electron chi connectivity index (χ3n) is 3.34. The number of hydrogen-bond acceptors (Lipinski definition) is 2. The molecule has 1 aromatic carbocycles. The molecule has 110 valence electrons. The lowest BCUT2D eigenvalue weighted by molar-refractivity contribution is 0.637. The highest BCUT2D eigenvalue weighted by Gasteiger charge is 2.13. The molecule has 0 saturated carbocycles. The maximum absolute atomic E-state index is 13.9. The number of alkyl halides is 1. The van der Waals surface area contributed by atoms with Crippen molar-refractivity contribution in [3.8, 4) is 0 Å². The summed E-state index contributed by atoms with van der Waals surface area (Å²) >= 11 is 13.4. The van der Waals surface area contributed by atoms with Crippen LogP contribution in [0, 0.1) is 5.82 Å². The zero-order valence-corrected chi connectivity index (χ0v) is 13.5. The quantitative estimate of drug-likeness (QED) is 0.602. The van der Waals surface area contributed by atoms with Crippen LogP contribution in [-0.4, -0.2) is 15.4 Å². The molecule has 2 nitrogen and oxygen atoms in total. The van der Waals surface area contributed by atoms with Crippen LogP contribution in [0.3, 0.4) is 0 Å². The highest BCUT2D eigenvalue weighted by molar-refractivity contribution is 7.16. The van der Waals surface area contributed by atoms with Gasteiger partial charge in [-0.05, 0) is 30.7 Å². The molecule has 0 aliphatic carbocycles. The molecule has 2 aromatic heterocycles. The summed E-state index contributed by atoms with van der Waals surface area (Å²) in [4.78, 5) is 5.60. The van der Waals surface area contributed by atoms with Crippen LogP contribution in [0.15, 0.2) is 30.3 Å². The Labute approximate surface area is 136 Å². The van der Waals surface area contributed by atoms with Crippen LogP contribution in [0.5, 0.6) is 0 Å². The minimum atomic E-state index is -0.291. The summed E-state index contributed by atoms with van der Waals surface area (Å²) in [7, 11) is 0. The van der Waals surface area contributed by atoms with Crippen molar-refractivity contribution in [1.82, 2.24) is 9.55 Å². The van der Waals surface area contributed by atoms with Crippen molar-refractivity contribution < 1.29 is 4.39 Å². The van der Waals surface area contributed by atoms with Crippen molar-refractivity contribution in [2.24, 2.45) is 0 Å². The molecule has 3 aromatic rings. The molecule has 0 aliphatic rings. The molecule has 0 amide bonds. The Kier molecular flexibility index (Phi) is 4.48. The van der Waals surface area contributed by atoms with Gasteiger partial charge in [-0.2, -0.15) is 0 Å². The second kappa shape index (κ2) is 6.34. The number of para-hydroxylation sites is 1. The van der Waals surface area contributed by atoms with Crippen molar-refractivity contribution in [3.05, 3.63) is 51.2 Å². The number of benzene rings is 1. The van der Waals surface area contributed by atoms with Crippen molar-refractivity contribution >= 4 is 45.6 Å². The molecular weight excluding hydrogens is 330 g/mol. The molecule has 2 heterocycles. The number of imidazole rings is 1. The first-order valence-corrected chi connectivity index (χ1v) is 8.35. The first-order chi connectivity index (χ1) is 10.2. The molecule has 0 spiro atoms. The number of nitrogens with zero attached hydrogens (tertiary/aromatic N) is 2. The summed E-state index contributed by atoms with van der Waals surface area (Å²) in [6, 6.07) is 8.96. The fourth-order valence-corrected chi connectivity index (χ4v) is 3.64. The zero-order valence-electron chi connectivity index (χ0n) is 11.2. The van der Waals surface area contributed by atoms with Gasteiger partial charge in [-0.1, -0.05) is 17.7 Å². The number of aromatic nitrogens is 2. The third-order valence-corrected chi connectivity index (χ3v) is 4.82. The van der Waals surface area contributed by atoms with Crippen LogP contribution in [0.25, 0.3) is 11.0 Å². The lowest BCUT2D eigenvalue weighted by atomic mass is 10.3. The monoisotopic (exact) mass is 342 g/mol. The van der Waals surface area contributed by atoms with Crippen molar-refractivity contribution in [3.63, 3.8) is 0 Å². The number of thiophene rings is 1. The van der Waals surface area contributed by atoms with Gasteiger partial charge in [0.1, 0.15) is 11.3 Å². The fraction of sp³-hybridized carbons (Fsp3) is 0.267. The largest absolute Gasteiger partial charge is 0.327 e. The molecule has 0 N–H and O–H groups in total. The maximum atomic E-state index is 13.9. The van der Waals surface area contributed by atoms with Crippen LogP contribution in [0.1, 0.15) is 10.7 Å². The molecule has 0 saturated heterocycles. The van der Waals surface area contributed by atoms with E-state index in [1.165, 1.54) is 10.9 Å². The first-order valence-electron chi connectivity index (χ1n) is 6.63. The summed E-state index contributed by atoms with van der Waals surface area (Å²) in [6.45, 7) is 0.739. The van der Waals surface area contributed by atoms with E-state index in [-0.39, 0.29) is 5.82 Å². The third kappa shape index (κ3) is 3.07. The topological polar surface area (TPSA) is 17.8 Å². The molecule has 21 heavy (non-hydrogen) atoms. The second-order valence-electron chi connectivity index (χ2n) is 4.68. The van der Waals surface area contributed by atoms with E-state index in [9.17, 15) is 4.39 Å². The lowest BCUT2D eigenvalue weighted by Crippen LogP contribution is -2.06. The van der Waals surface area contributed by atoms with Crippen LogP contribution in [0.4, 0.5) is 4.39 Å². The van der Waals surface area contributed by atoms with Gasteiger partial charge in [-0.15, -0.1) is 22.9 Å². The van der Waals surface area contributed by atoms with Crippen LogP contribution in [0.2, 0.25) is 4.34 Å². The fourth-order valence-electron chi connectivity index (χ4n) is 2.39. The Bertz CT molecular complexity index is 766. The van der Waals surface area contributed by atoms with E-state index < -0.39 is 0 Å². The summed E-state index contributed by atoms with van der Waals surface area (Å²) in [6.07, 6.45) is 1.47. The average Bonchev–Trinajstić information content (AvgIpc) is 3.02. The Balaban J connectivity index is 1.95. The number of hydrogen-bond donors (Lipinski definition) is 0. The highest BCUT2D eigenvalue weighted by atomic mass is 35.5. The van der Waals surface area contributed by atoms with Gasteiger partial charge in [0.25, 0.3) is 0 Å². The second-order valence-corrected chi connectivity index (χ2v) is 6.86. The van der Waals surface area contributed by atoms with Gasteiger partial charge in [0, 0.05) is 23.7 Å². The van der Waals surface area contributed by atoms with Crippen molar-refractivity contribution in [1.29, 1.82) is 0 Å². The van der Waals surface area contributed by atoms with E-state index in [0.29, 0.717) is 17.8 Å². The lowest BCUT2D eigenvalue weighted by Gasteiger charge is -2.07. The molecule has 0 aliphatic heterocycles. The van der Waals surface area contributed by atoms with Crippen LogP contribution < -0.4 is 0 Å². The molecule has 0 radical (unpaired) electrons. The standard InChI is InChI=1S/C15H13Cl2FN2S/c16-8-6-14-19-15-11(18)2-1-3-12(15)20(14)9-7-10-4-5-13(17)21-10/h1-5H,6-9H2. The Morgan fingerprint density at radius 2 is 2.05 bits per heavy atom. The Hall–Kier alpha value is -1.10. The number of rotatable bonds is 5. The average molecular weight is 343 g/mol.